The van der Waals surface area contributed by atoms with Gasteiger partial charge in [-0.3, -0.25) is 4.79 Å². The Morgan fingerprint density at radius 3 is 2.77 bits per heavy atom. The number of carbonyl (C=O) groups is 1. The van der Waals surface area contributed by atoms with E-state index >= 15 is 0 Å². The lowest BCUT2D eigenvalue weighted by Gasteiger charge is -2.24. The predicted molar refractivity (Wildman–Crippen MR) is 52.5 cm³/mol. The van der Waals surface area contributed by atoms with Crippen molar-refractivity contribution in [1.29, 1.82) is 0 Å². The van der Waals surface area contributed by atoms with E-state index in [9.17, 15) is 4.79 Å². The molecule has 0 aromatic carbocycles. The summed E-state index contributed by atoms with van der Waals surface area (Å²) in [6.07, 6.45) is 3.69. The van der Waals surface area contributed by atoms with Gasteiger partial charge in [0.15, 0.2) is 0 Å². The third-order valence-corrected chi connectivity index (χ3v) is 6.27. The number of carbonyl (C=O) groups excluding carboxylic acids is 1. The Hall–Kier alpha value is 0.150. The molecule has 2 heteroatoms. The molecule has 0 aliphatic heterocycles. The lowest BCUT2D eigenvalue weighted by molar-refractivity contribution is -0.122. The van der Waals surface area contributed by atoms with Crippen molar-refractivity contribution >= 4 is 21.7 Å². The third kappa shape index (κ3) is 0.642. The molecule has 1 nitrogen and oxygen atoms in total. The van der Waals surface area contributed by atoms with Crippen molar-refractivity contribution in [2.24, 2.45) is 35.5 Å². The summed E-state index contributed by atoms with van der Waals surface area (Å²) in [5, 5.41) is 0. The number of ketones is 1. The second-order valence-corrected chi connectivity index (χ2v) is 6.59. The second kappa shape index (κ2) is 2.05. The Balaban J connectivity index is 1.90. The summed E-state index contributed by atoms with van der Waals surface area (Å²) in [5.74, 6) is 5.29. The summed E-state index contributed by atoms with van der Waals surface area (Å²) in [4.78, 5) is 12.5. The van der Waals surface area contributed by atoms with Crippen molar-refractivity contribution in [3.05, 3.63) is 0 Å². The summed E-state index contributed by atoms with van der Waals surface area (Å²) in [5.41, 5.74) is 0. The maximum absolute atomic E-state index is 11.8. The van der Waals surface area contributed by atoms with E-state index in [1.165, 1.54) is 12.8 Å². The van der Waals surface area contributed by atoms with Gasteiger partial charge in [-0.1, -0.05) is 15.9 Å². The van der Waals surface area contributed by atoms with Gasteiger partial charge in [0.1, 0.15) is 5.78 Å². The zero-order valence-electron chi connectivity index (χ0n) is 7.45. The molecule has 0 amide bonds. The largest absolute Gasteiger partial charge is 0.299 e. The van der Waals surface area contributed by atoms with Gasteiger partial charge in [0.2, 0.25) is 0 Å². The molecular weight excluding hydrogens is 228 g/mol. The number of fused-ring (bicyclic) bond motifs is 2. The Labute approximate surface area is 86.4 Å². The third-order valence-electron chi connectivity index (χ3n) is 5.29. The lowest BCUT2D eigenvalue weighted by Crippen LogP contribution is -2.26. The first-order chi connectivity index (χ1) is 6.27. The maximum atomic E-state index is 11.8. The van der Waals surface area contributed by atoms with Gasteiger partial charge in [-0.05, 0) is 42.4 Å². The highest BCUT2D eigenvalue weighted by atomic mass is 79.9. The van der Waals surface area contributed by atoms with Gasteiger partial charge in [0, 0.05) is 17.2 Å². The normalized spacial score (nSPS) is 66.8. The summed E-state index contributed by atoms with van der Waals surface area (Å²) in [6, 6.07) is 0. The quantitative estimate of drug-likeness (QED) is 0.594. The molecule has 13 heavy (non-hydrogen) atoms. The first-order valence-electron chi connectivity index (χ1n) is 5.44. The number of rotatable bonds is 0. The fourth-order valence-corrected chi connectivity index (χ4v) is 6.24. The second-order valence-electron chi connectivity index (χ2n) is 5.42. The Morgan fingerprint density at radius 2 is 1.92 bits per heavy atom. The number of alkyl halides is 1. The van der Waals surface area contributed by atoms with Crippen LogP contribution in [0, 0.1) is 35.5 Å². The number of Topliss-reactive ketones (excluding diaryl/α,β-unsaturated/α-hetero) is 1. The van der Waals surface area contributed by atoms with E-state index in [4.69, 9.17) is 0 Å². The van der Waals surface area contributed by atoms with Crippen LogP contribution in [-0.4, -0.2) is 10.6 Å². The fraction of sp³-hybridized carbons (Fsp3) is 0.909. The minimum atomic E-state index is 0.484. The maximum Gasteiger partial charge on any atom is 0.136 e. The van der Waals surface area contributed by atoms with Gasteiger partial charge < -0.3 is 0 Å². The molecule has 0 spiro atoms. The van der Waals surface area contributed by atoms with Crippen LogP contribution in [0.15, 0.2) is 0 Å². The molecule has 4 aliphatic rings. The molecule has 4 saturated carbocycles. The van der Waals surface area contributed by atoms with Crippen LogP contribution in [0.2, 0.25) is 0 Å². The zero-order chi connectivity index (χ0) is 8.74. The van der Waals surface area contributed by atoms with E-state index in [1.807, 2.05) is 0 Å². The van der Waals surface area contributed by atoms with Crippen molar-refractivity contribution in [3.63, 3.8) is 0 Å². The van der Waals surface area contributed by atoms with E-state index in [0.29, 0.717) is 16.5 Å². The zero-order valence-corrected chi connectivity index (χ0v) is 9.03. The molecule has 0 aromatic rings. The molecule has 4 fully saturated rings. The van der Waals surface area contributed by atoms with Crippen LogP contribution in [0.1, 0.15) is 19.3 Å². The lowest BCUT2D eigenvalue weighted by atomic mass is 9.80. The van der Waals surface area contributed by atoms with Crippen LogP contribution in [-0.2, 0) is 4.79 Å². The van der Waals surface area contributed by atoms with Crippen LogP contribution in [0.25, 0.3) is 0 Å². The molecule has 0 aromatic heterocycles. The summed E-state index contributed by atoms with van der Waals surface area (Å²) >= 11 is 3.79. The topological polar surface area (TPSA) is 17.1 Å². The highest BCUT2D eigenvalue weighted by Gasteiger charge is 2.68. The Morgan fingerprint density at radius 1 is 1.08 bits per heavy atom. The van der Waals surface area contributed by atoms with Crippen molar-refractivity contribution in [3.8, 4) is 0 Å². The monoisotopic (exact) mass is 240 g/mol. The average Bonchev–Trinajstić information content (AvgIpc) is 2.67. The van der Waals surface area contributed by atoms with Gasteiger partial charge in [0.05, 0.1) is 0 Å². The summed E-state index contributed by atoms with van der Waals surface area (Å²) in [7, 11) is 0. The van der Waals surface area contributed by atoms with Gasteiger partial charge >= 0.3 is 0 Å². The minimum Gasteiger partial charge on any atom is -0.299 e. The molecule has 0 heterocycles. The molecule has 0 saturated heterocycles. The van der Waals surface area contributed by atoms with E-state index in [2.05, 4.69) is 15.9 Å². The van der Waals surface area contributed by atoms with Crippen LogP contribution in [0.4, 0.5) is 0 Å². The molecule has 0 N–H and O–H groups in total. The van der Waals surface area contributed by atoms with Crippen molar-refractivity contribution in [2.45, 2.75) is 24.1 Å². The van der Waals surface area contributed by atoms with Crippen LogP contribution in [0.3, 0.4) is 0 Å². The smallest absolute Gasteiger partial charge is 0.136 e. The first-order valence-corrected chi connectivity index (χ1v) is 6.35. The van der Waals surface area contributed by atoms with E-state index in [-0.39, 0.29) is 0 Å². The Bertz CT molecular complexity index is 300. The standard InChI is InChI=1S/C11H13BrO/c12-8-2-4-5-3-9(13)11-7(5)1-6(4)10(8)11/h4-8,10-11H,1-3H2/t4-,5-,6-,7+,8+,10-,11-/m1/s1. The molecule has 0 unspecified atom stereocenters. The first kappa shape index (κ1) is 7.44. The van der Waals surface area contributed by atoms with Gasteiger partial charge in [-0.15, -0.1) is 0 Å². The van der Waals surface area contributed by atoms with Crippen molar-refractivity contribution in [2.75, 3.05) is 0 Å². The SMILES string of the molecule is O=C1C[C@@H]2[C@H]3C[C@H](Br)[C@H]4[C@@H]3C[C@@H]2[C@H]14. The molecule has 4 aliphatic carbocycles. The predicted octanol–water partition coefficient (Wildman–Crippen LogP) is 2.24. The number of halogens is 1. The number of hydrogen-bond donors (Lipinski definition) is 0. The van der Waals surface area contributed by atoms with E-state index < -0.39 is 0 Å². The molecule has 4 rings (SSSR count). The highest BCUT2D eigenvalue weighted by molar-refractivity contribution is 9.09. The molecule has 7 atom stereocenters. The summed E-state index contributed by atoms with van der Waals surface area (Å²) in [6.45, 7) is 0. The molecular formula is C11H13BrO. The minimum absolute atomic E-state index is 0.484. The summed E-state index contributed by atoms with van der Waals surface area (Å²) < 4.78 is 0. The van der Waals surface area contributed by atoms with E-state index in [1.54, 1.807) is 0 Å². The molecule has 2 bridgehead atoms. The Kier molecular flexibility index (Phi) is 1.17. The average molecular weight is 241 g/mol. The molecule has 0 radical (unpaired) electrons. The van der Waals surface area contributed by atoms with Crippen molar-refractivity contribution < 1.29 is 4.79 Å². The molecule has 70 valence electrons. The van der Waals surface area contributed by atoms with Crippen LogP contribution >= 0.6 is 15.9 Å². The van der Waals surface area contributed by atoms with Gasteiger partial charge in [-0.2, -0.15) is 0 Å². The van der Waals surface area contributed by atoms with Crippen LogP contribution in [0.5, 0.6) is 0 Å². The van der Waals surface area contributed by atoms with Gasteiger partial charge in [-0.25, -0.2) is 0 Å². The van der Waals surface area contributed by atoms with Gasteiger partial charge in [0.25, 0.3) is 0 Å². The fourth-order valence-electron chi connectivity index (χ4n) is 5.09. The number of hydrogen-bond acceptors (Lipinski definition) is 1. The van der Waals surface area contributed by atoms with Crippen LogP contribution < -0.4 is 0 Å². The highest BCUT2D eigenvalue weighted by Crippen LogP contribution is 2.70. The van der Waals surface area contributed by atoms with Crippen molar-refractivity contribution in [1.82, 2.24) is 0 Å². The van der Waals surface area contributed by atoms with E-state index in [0.717, 1.165) is 36.0 Å².